The minimum atomic E-state index is -0.431. The first-order chi connectivity index (χ1) is 15.0. The number of rotatable bonds is 5. The van der Waals surface area contributed by atoms with E-state index in [0.717, 1.165) is 11.1 Å². The topological polar surface area (TPSA) is 94.3 Å². The summed E-state index contributed by atoms with van der Waals surface area (Å²) in [5.41, 5.74) is 4.13. The Morgan fingerprint density at radius 3 is 2.13 bits per heavy atom. The largest absolute Gasteiger partial charge is 0.465 e. The zero-order valence-electron chi connectivity index (χ0n) is 17.0. The van der Waals surface area contributed by atoms with Gasteiger partial charge in [-0.2, -0.15) is 0 Å². The SMILES string of the molecule is COC(=O)c1ccc(NC(=O)c2ccc(-c3nnc(-c4cccc(C)c4)o3)cc2)cc1. The van der Waals surface area contributed by atoms with E-state index in [2.05, 4.69) is 20.3 Å². The van der Waals surface area contributed by atoms with Crippen LogP contribution in [0.5, 0.6) is 0 Å². The van der Waals surface area contributed by atoms with Gasteiger partial charge in [-0.25, -0.2) is 4.79 Å². The van der Waals surface area contributed by atoms with E-state index in [1.54, 1.807) is 48.5 Å². The number of aryl methyl sites for hydroxylation is 1. The average Bonchev–Trinajstić information content (AvgIpc) is 3.29. The lowest BCUT2D eigenvalue weighted by atomic mass is 10.1. The summed E-state index contributed by atoms with van der Waals surface area (Å²) in [6.45, 7) is 2.00. The number of nitrogens with one attached hydrogen (secondary N) is 1. The molecule has 0 unspecified atom stereocenters. The quantitative estimate of drug-likeness (QED) is 0.475. The number of methoxy groups -OCH3 is 1. The molecule has 0 fully saturated rings. The number of benzene rings is 3. The number of esters is 1. The number of hydrogen-bond acceptors (Lipinski definition) is 6. The van der Waals surface area contributed by atoms with E-state index in [1.807, 2.05) is 31.2 Å². The molecular formula is C24H19N3O4. The molecule has 154 valence electrons. The van der Waals surface area contributed by atoms with Crippen LogP contribution < -0.4 is 5.32 Å². The van der Waals surface area contributed by atoms with Crippen LogP contribution in [0.15, 0.2) is 77.2 Å². The summed E-state index contributed by atoms with van der Waals surface area (Å²) in [5, 5.41) is 11.0. The van der Waals surface area contributed by atoms with Gasteiger partial charge in [0, 0.05) is 22.4 Å². The predicted octanol–water partition coefficient (Wildman–Crippen LogP) is 4.75. The summed E-state index contributed by atoms with van der Waals surface area (Å²) in [4.78, 5) is 24.0. The van der Waals surface area contributed by atoms with Crippen molar-refractivity contribution in [3.05, 3.63) is 89.5 Å². The molecule has 0 saturated heterocycles. The van der Waals surface area contributed by atoms with Gasteiger partial charge in [-0.1, -0.05) is 17.7 Å². The fourth-order valence-corrected chi connectivity index (χ4v) is 3.01. The van der Waals surface area contributed by atoms with Crippen molar-refractivity contribution in [2.45, 2.75) is 6.92 Å². The molecule has 1 aromatic heterocycles. The number of nitrogens with zero attached hydrogens (tertiary/aromatic N) is 2. The van der Waals surface area contributed by atoms with Crippen LogP contribution in [0.2, 0.25) is 0 Å². The fourth-order valence-electron chi connectivity index (χ4n) is 3.01. The molecule has 31 heavy (non-hydrogen) atoms. The highest BCUT2D eigenvalue weighted by molar-refractivity contribution is 6.04. The standard InChI is InChI=1S/C24H19N3O4/c1-15-4-3-5-19(14-15)23-27-26-22(31-23)17-8-6-16(7-9-17)21(28)25-20-12-10-18(11-13-20)24(29)30-2/h3-14H,1-2H3,(H,25,28). The molecule has 0 saturated carbocycles. The van der Waals surface area contributed by atoms with Crippen molar-refractivity contribution in [3.8, 4) is 22.9 Å². The lowest BCUT2D eigenvalue weighted by Crippen LogP contribution is -2.12. The third kappa shape index (κ3) is 4.51. The molecule has 0 aliphatic rings. The maximum absolute atomic E-state index is 12.5. The minimum Gasteiger partial charge on any atom is -0.465 e. The summed E-state index contributed by atoms with van der Waals surface area (Å²) in [6, 6.07) is 21.2. The van der Waals surface area contributed by atoms with Crippen molar-refractivity contribution >= 4 is 17.6 Å². The number of anilines is 1. The molecule has 0 radical (unpaired) electrons. The van der Waals surface area contributed by atoms with Crippen molar-refractivity contribution in [1.82, 2.24) is 10.2 Å². The summed E-state index contributed by atoms with van der Waals surface area (Å²) in [7, 11) is 1.32. The van der Waals surface area contributed by atoms with E-state index in [0.29, 0.717) is 34.2 Å². The average molecular weight is 413 g/mol. The monoisotopic (exact) mass is 413 g/mol. The summed E-state index contributed by atoms with van der Waals surface area (Å²) in [5.74, 6) is 0.112. The van der Waals surface area contributed by atoms with E-state index >= 15 is 0 Å². The summed E-state index contributed by atoms with van der Waals surface area (Å²) >= 11 is 0. The van der Waals surface area contributed by atoms with Gasteiger partial charge in [-0.3, -0.25) is 4.79 Å². The Hall–Kier alpha value is -4.26. The Morgan fingerprint density at radius 2 is 1.48 bits per heavy atom. The zero-order valence-corrected chi connectivity index (χ0v) is 17.0. The van der Waals surface area contributed by atoms with Crippen LogP contribution in [0.3, 0.4) is 0 Å². The van der Waals surface area contributed by atoms with Gasteiger partial charge < -0.3 is 14.5 Å². The molecule has 3 aromatic carbocycles. The van der Waals surface area contributed by atoms with Gasteiger partial charge in [0.2, 0.25) is 11.8 Å². The van der Waals surface area contributed by atoms with Crippen molar-refractivity contribution < 1.29 is 18.7 Å². The number of ether oxygens (including phenoxy) is 1. The third-order valence-electron chi connectivity index (χ3n) is 4.65. The lowest BCUT2D eigenvalue weighted by molar-refractivity contribution is 0.0600. The molecule has 1 heterocycles. The number of hydrogen-bond donors (Lipinski definition) is 1. The van der Waals surface area contributed by atoms with Gasteiger partial charge in [-0.05, 0) is 67.6 Å². The third-order valence-corrected chi connectivity index (χ3v) is 4.65. The maximum Gasteiger partial charge on any atom is 0.337 e. The Balaban J connectivity index is 1.46. The second-order valence-electron chi connectivity index (χ2n) is 6.88. The van der Waals surface area contributed by atoms with E-state index in [-0.39, 0.29) is 5.91 Å². The molecule has 0 atom stereocenters. The number of carbonyl (C=O) groups excluding carboxylic acids is 2. The van der Waals surface area contributed by atoms with Gasteiger partial charge >= 0.3 is 5.97 Å². The molecule has 1 N–H and O–H groups in total. The van der Waals surface area contributed by atoms with Crippen molar-refractivity contribution in [3.63, 3.8) is 0 Å². The fraction of sp³-hybridized carbons (Fsp3) is 0.0833. The van der Waals surface area contributed by atoms with Crippen molar-refractivity contribution in [2.24, 2.45) is 0 Å². The van der Waals surface area contributed by atoms with Crippen LogP contribution in [0.4, 0.5) is 5.69 Å². The highest BCUT2D eigenvalue weighted by atomic mass is 16.5. The molecule has 0 aliphatic carbocycles. The van der Waals surface area contributed by atoms with E-state index in [4.69, 9.17) is 4.42 Å². The molecule has 7 heteroatoms. The van der Waals surface area contributed by atoms with Gasteiger partial charge in [0.25, 0.3) is 5.91 Å². The molecule has 0 spiro atoms. The first-order valence-electron chi connectivity index (χ1n) is 9.54. The molecule has 1 amide bonds. The normalized spacial score (nSPS) is 10.5. The second kappa shape index (κ2) is 8.62. The number of aromatic nitrogens is 2. The summed E-state index contributed by atoms with van der Waals surface area (Å²) < 4.78 is 10.4. The van der Waals surface area contributed by atoms with Crippen LogP contribution in [-0.2, 0) is 4.74 Å². The van der Waals surface area contributed by atoms with Crippen molar-refractivity contribution in [2.75, 3.05) is 12.4 Å². The van der Waals surface area contributed by atoms with Crippen LogP contribution in [0.1, 0.15) is 26.3 Å². The molecule has 4 aromatic rings. The zero-order chi connectivity index (χ0) is 21.8. The van der Waals surface area contributed by atoms with Crippen LogP contribution in [0.25, 0.3) is 22.9 Å². The number of carbonyl (C=O) groups is 2. The highest BCUT2D eigenvalue weighted by Crippen LogP contribution is 2.25. The van der Waals surface area contributed by atoms with Crippen LogP contribution >= 0.6 is 0 Å². The van der Waals surface area contributed by atoms with E-state index in [9.17, 15) is 9.59 Å². The molecular weight excluding hydrogens is 394 g/mol. The predicted molar refractivity (Wildman–Crippen MR) is 116 cm³/mol. The maximum atomic E-state index is 12.5. The smallest absolute Gasteiger partial charge is 0.337 e. The molecule has 7 nitrogen and oxygen atoms in total. The Kier molecular flexibility index (Phi) is 5.57. The van der Waals surface area contributed by atoms with Crippen LogP contribution in [0, 0.1) is 6.92 Å². The Labute approximate surface area is 178 Å². The first kappa shape index (κ1) is 20.0. The summed E-state index contributed by atoms with van der Waals surface area (Å²) in [6.07, 6.45) is 0. The lowest BCUT2D eigenvalue weighted by Gasteiger charge is -2.06. The number of amides is 1. The van der Waals surface area contributed by atoms with E-state index in [1.165, 1.54) is 7.11 Å². The van der Waals surface area contributed by atoms with Gasteiger partial charge in [0.1, 0.15) is 0 Å². The highest BCUT2D eigenvalue weighted by Gasteiger charge is 2.13. The first-order valence-corrected chi connectivity index (χ1v) is 9.54. The second-order valence-corrected chi connectivity index (χ2v) is 6.88. The van der Waals surface area contributed by atoms with Crippen LogP contribution in [-0.4, -0.2) is 29.2 Å². The van der Waals surface area contributed by atoms with Crippen molar-refractivity contribution in [1.29, 1.82) is 0 Å². The van der Waals surface area contributed by atoms with Gasteiger partial charge in [-0.15, -0.1) is 10.2 Å². The van der Waals surface area contributed by atoms with Gasteiger partial charge in [0.15, 0.2) is 0 Å². The molecule has 0 aliphatic heterocycles. The Bertz CT molecular complexity index is 1230. The minimum absolute atomic E-state index is 0.275. The molecule has 4 rings (SSSR count). The van der Waals surface area contributed by atoms with E-state index < -0.39 is 5.97 Å². The Morgan fingerprint density at radius 1 is 0.839 bits per heavy atom. The van der Waals surface area contributed by atoms with Gasteiger partial charge in [0.05, 0.1) is 12.7 Å². The molecule has 0 bridgehead atoms.